The minimum atomic E-state index is -2.28. The largest absolute Gasteiger partial charge is 0.508 e. The van der Waals surface area contributed by atoms with Gasteiger partial charge in [0.15, 0.2) is 11.9 Å². The zero-order chi connectivity index (χ0) is 109. The first-order valence-electron chi connectivity index (χ1n) is 46.3. The second-order valence-electron chi connectivity index (χ2n) is 34.7. The molecule has 59 heteroatoms. The number of aliphatic carboxylic acids is 4. The third-order valence-corrected chi connectivity index (χ3v) is 25.0. The summed E-state index contributed by atoms with van der Waals surface area (Å²) in [7, 11) is 1.16. The Morgan fingerprint density at radius 1 is 0.390 bits per heavy atom. The molecule has 0 spiro atoms. The van der Waals surface area contributed by atoms with Crippen LogP contribution >= 0.6 is 21.6 Å². The number of carboxylic acids is 4. The van der Waals surface area contributed by atoms with Gasteiger partial charge in [0.1, 0.15) is 115 Å². The molecular weight excluding hydrogens is 1970 g/mol. The highest BCUT2D eigenvalue weighted by molar-refractivity contribution is 8.76. The Morgan fingerprint density at radius 3 is 1.19 bits per heavy atom. The highest BCUT2D eigenvalue weighted by Crippen LogP contribution is 2.26. The van der Waals surface area contributed by atoms with E-state index < -0.39 is 364 Å². The molecule has 804 valence electrons. The van der Waals surface area contributed by atoms with Crippen molar-refractivity contribution in [3.63, 3.8) is 0 Å². The lowest BCUT2D eigenvalue weighted by Crippen LogP contribution is -2.62. The van der Waals surface area contributed by atoms with Crippen molar-refractivity contribution in [2.75, 3.05) is 44.3 Å². The molecule has 2 aromatic rings. The molecule has 18 atom stereocenters. The number of amides is 20. The lowest BCUT2D eigenvalue weighted by atomic mass is 9.99. The van der Waals surface area contributed by atoms with E-state index in [9.17, 15) is 117 Å². The van der Waals surface area contributed by atoms with E-state index in [4.69, 9.17) is 39.5 Å². The maximum Gasteiger partial charge on any atom is 0.305 e. The van der Waals surface area contributed by atoms with Gasteiger partial charge < -0.3 is 165 Å². The van der Waals surface area contributed by atoms with E-state index in [0.29, 0.717) is 27.2 Å². The second kappa shape index (κ2) is 61.0. The third-order valence-electron chi connectivity index (χ3n) is 22.6. The fourth-order valence-corrected chi connectivity index (χ4v) is 17.2. The number of nitrogens with one attached hydrogen (secondary N) is 21. The normalized spacial score (nSPS) is 25.5. The number of nitrogens with zero attached hydrogens (tertiary/aromatic N) is 1. The fraction of sp³-hybridized carbons (Fsp3) is 0.563. The number of carboxylic acid groups (broad SMARTS) is 4. The van der Waals surface area contributed by atoms with Gasteiger partial charge in [-0.1, -0.05) is 77.9 Å². The van der Waals surface area contributed by atoms with Gasteiger partial charge in [0, 0.05) is 56.8 Å². The van der Waals surface area contributed by atoms with Crippen molar-refractivity contribution >= 4 is 176 Å². The second-order valence-corrected chi connectivity index (χ2v) is 37.3. The Kier molecular flexibility index (Phi) is 50.6. The zero-order valence-corrected chi connectivity index (χ0v) is 81.8. The van der Waals surface area contributed by atoms with Gasteiger partial charge in [-0.3, -0.25) is 126 Å². The molecule has 3 saturated heterocycles. The number of nitrogens with two attached hydrogens (primary N) is 5. The molecule has 57 nitrogen and oxygen atoms in total. The molecule has 5 rings (SSSR count). The molecule has 146 heavy (non-hydrogen) atoms. The predicted molar refractivity (Wildman–Crippen MR) is 515 cm³/mol. The van der Waals surface area contributed by atoms with E-state index in [-0.39, 0.29) is 82.4 Å². The van der Waals surface area contributed by atoms with Crippen LogP contribution in [-0.4, -0.2) is 343 Å². The van der Waals surface area contributed by atoms with Crippen LogP contribution in [0, 0.1) is 16.7 Å². The molecule has 37 N–H and O–H groups in total. The first-order chi connectivity index (χ1) is 68.9. The number of aromatic hydroxyl groups is 1. The maximum absolute atomic E-state index is 15.6. The molecule has 3 heterocycles. The molecular formula is C87H129N27O30S2. The number of unbranched alkanes of at least 4 members (excludes halogenated alkanes) is 1. The first kappa shape index (κ1) is 121. The predicted octanol–water partition coefficient (Wildman–Crippen LogP) is -11.4. The average molecular weight is 2100 g/mol. The molecule has 0 saturated carbocycles. The van der Waals surface area contributed by atoms with Crippen LogP contribution < -0.4 is 130 Å². The number of primary amides is 2. The Hall–Kier alpha value is -15.3. The van der Waals surface area contributed by atoms with Crippen molar-refractivity contribution in [2.24, 2.45) is 34.6 Å². The van der Waals surface area contributed by atoms with E-state index >= 15 is 28.8 Å². The topological polar surface area (TPSA) is 941 Å². The summed E-state index contributed by atoms with van der Waals surface area (Å²) in [5, 5.41) is 122. The van der Waals surface area contributed by atoms with Crippen LogP contribution in [0.2, 0.25) is 0 Å². The summed E-state index contributed by atoms with van der Waals surface area (Å²) in [5.41, 5.74) is 28.5. The molecule has 0 unspecified atom stereocenters. The fourth-order valence-electron chi connectivity index (χ4n) is 14.8. The number of rotatable bonds is 32. The minimum absolute atomic E-state index is 0.000236. The van der Waals surface area contributed by atoms with Crippen LogP contribution in [0.15, 0.2) is 54.6 Å². The quantitative estimate of drug-likeness (QED) is 0.0140. The average Bonchev–Trinajstić information content (AvgIpc) is 1.69. The van der Waals surface area contributed by atoms with Crippen molar-refractivity contribution in [3.05, 3.63) is 65.7 Å². The molecule has 2 aromatic carbocycles. The number of carbonyl (C=O) groups is 24. The van der Waals surface area contributed by atoms with Crippen molar-refractivity contribution in [1.29, 1.82) is 10.8 Å². The number of aliphatic hydroxyl groups is 1. The number of aliphatic hydroxyl groups excluding tert-OH is 1. The molecule has 2 bridgehead atoms. The number of phenolic OH excluding ortho intramolecular Hbond substituents is 1. The number of guanidine groups is 2. The summed E-state index contributed by atoms with van der Waals surface area (Å²) in [5.74, 6) is -37.0. The van der Waals surface area contributed by atoms with Crippen LogP contribution in [0.4, 0.5) is 0 Å². The summed E-state index contributed by atoms with van der Waals surface area (Å²) in [6, 6.07) is -23.0. The number of hydrogen-bond acceptors (Lipinski definition) is 31. The van der Waals surface area contributed by atoms with E-state index in [1.54, 1.807) is 6.07 Å². The molecule has 0 radical (unpaired) electrons. The monoisotopic (exact) mass is 2100 g/mol. The highest BCUT2D eigenvalue weighted by atomic mass is 33.1. The van der Waals surface area contributed by atoms with Gasteiger partial charge in [-0.05, 0) is 120 Å². The Balaban J connectivity index is 1.83. The van der Waals surface area contributed by atoms with Crippen LogP contribution in [0.3, 0.4) is 0 Å². The Bertz CT molecular complexity index is 5050. The molecule has 0 aliphatic carbocycles. The van der Waals surface area contributed by atoms with Crippen LogP contribution in [-0.2, 0) is 128 Å². The molecule has 3 aliphatic heterocycles. The highest BCUT2D eigenvalue weighted by Gasteiger charge is 2.45. The molecule has 3 aliphatic rings. The molecule has 0 aromatic heterocycles. The minimum Gasteiger partial charge on any atom is -0.508 e. The summed E-state index contributed by atoms with van der Waals surface area (Å²) >= 11 is 0. The maximum atomic E-state index is 15.6. The number of fused-ring (bicyclic) bond motifs is 6. The number of benzene rings is 2. The van der Waals surface area contributed by atoms with E-state index in [0.717, 1.165) is 30.9 Å². The Labute approximate surface area is 842 Å². The number of hydrogen-bond donors (Lipinski definition) is 32. The summed E-state index contributed by atoms with van der Waals surface area (Å²) in [6.07, 6.45) is -10.7. The number of carbonyl (C=O) groups excluding carboxylic acids is 20. The van der Waals surface area contributed by atoms with Gasteiger partial charge in [0.25, 0.3) is 0 Å². The third kappa shape index (κ3) is 42.3. The summed E-state index contributed by atoms with van der Waals surface area (Å²) in [6.45, 7) is 2.67. The number of phenols is 1. The van der Waals surface area contributed by atoms with Crippen LogP contribution in [0.25, 0.3) is 0 Å². The SMILES string of the molecule is CC(C)[C@@H]1NC(=O)[C@H](Cc2ccccc2)NC(=O)[C@H](CC(=O)O)NC(=O)[C@H](CO)NC(=O)[C@@H]2CSSC[C@H](NC(=O)[C@H](CCCNC(=N)N)NC(=O)[C@H](CCCNC(=N)N)NC(=O)[C@H](C)NC(=O)[C@H](CCC(=O)O)NC(=O)[C@H](CC(=O)O)NC(=O)[C@H](C)NC(=O)[C@H](CCC(N)=O)NC1=O)C(=O)N[C@@H](Cc1ccc(O)cc1)C(=O)N[C@@H](CC(N)=O)C(=O)N[C@@H](CC(=O)O)C(=O)N1CCC[C@H]1C(=O)N[C@@H](CCCCN)C(=O)N2. The van der Waals surface area contributed by atoms with Crippen LogP contribution in [0.1, 0.15) is 148 Å². The van der Waals surface area contributed by atoms with Gasteiger partial charge >= 0.3 is 23.9 Å². The van der Waals surface area contributed by atoms with Gasteiger partial charge in [-0.25, -0.2) is 0 Å². The van der Waals surface area contributed by atoms with Gasteiger partial charge in [-0.2, -0.15) is 0 Å². The van der Waals surface area contributed by atoms with Gasteiger partial charge in [0.2, 0.25) is 118 Å². The first-order valence-corrected chi connectivity index (χ1v) is 48.8. The van der Waals surface area contributed by atoms with Crippen molar-refractivity contribution in [2.45, 2.75) is 258 Å². The van der Waals surface area contributed by atoms with E-state index in [2.05, 4.69) is 101 Å². The van der Waals surface area contributed by atoms with Crippen molar-refractivity contribution in [3.8, 4) is 5.75 Å². The lowest BCUT2D eigenvalue weighted by molar-refractivity contribution is -0.146. The van der Waals surface area contributed by atoms with Gasteiger partial charge in [0.05, 0.1) is 32.3 Å². The van der Waals surface area contributed by atoms with Crippen molar-refractivity contribution < 1.29 is 146 Å². The van der Waals surface area contributed by atoms with Gasteiger partial charge in [-0.15, -0.1) is 0 Å². The Morgan fingerprint density at radius 2 is 0.747 bits per heavy atom. The lowest BCUT2D eigenvalue weighted by Gasteiger charge is -2.30. The zero-order valence-electron chi connectivity index (χ0n) is 80.2. The summed E-state index contributed by atoms with van der Waals surface area (Å²) < 4.78 is 0. The van der Waals surface area contributed by atoms with Crippen LogP contribution in [0.5, 0.6) is 5.75 Å². The van der Waals surface area contributed by atoms with E-state index in [1.807, 2.05) is 0 Å². The summed E-state index contributed by atoms with van der Waals surface area (Å²) in [4.78, 5) is 342. The molecule has 3 fully saturated rings. The van der Waals surface area contributed by atoms with Crippen molar-refractivity contribution in [1.82, 2.24) is 106 Å². The molecule has 20 amide bonds. The smallest absolute Gasteiger partial charge is 0.305 e. The van der Waals surface area contributed by atoms with E-state index in [1.165, 1.54) is 50.2 Å². The standard InChI is InChI=1S/C87H129N27O30S2/c1-40(2)67-84(143)103-49(23-25-61(89)117)70(129)98-42(4)69(128)104-54(34-64(121)122)77(136)101-50(24-26-63(119)120)71(130)97-41(3)68(127)99-47(16-10-28-95-86(91)92)72(131)100-48(17-11-29-96-87(93)94)74(133)111-58-38-145-146-39-59(82(141)110-57(37-115)80(139)108-55(35-65(123)124)78(137)105-52(79(138)113-67)31-43-13-6-5-7-14-43)112-73(132)46(15-8-9-27-88)102-83(142)60-18-12-30-114(60)85(144)56(36-66(125)126)109-76(135)53(33-62(90)118)107-75(134)51(106-81(58)140)32-44-19-21-45(116)22-20-44/h5-7,13-14,19-22,40-42,46-60,67,115-116H,8-12,15-18,23-39,88H2,1-4H3,(H2,89,117)(H2,90,118)(H,97,130)(H,98,129)(H,99,127)(H,100,131)(H,101,136)(H,102,142)(H,103,143)(H,104,128)(H,105,137)(H,106,140)(H,107,134)(H,108,139)(H,109,135)(H,110,141)(H,111,133)(H,112,132)(H,113,138)(H,119,120)(H,121,122)(H,123,124)(H,125,126)(H4,91,92,95)(H4,93,94,96)/t41-,42-,46-,47-,48-,49-,50-,51-,52-,53-,54-,55-,56-,57-,58-,59-,60-,67-/m0/s1.